The van der Waals surface area contributed by atoms with Gasteiger partial charge in [-0.3, -0.25) is 4.79 Å². The fourth-order valence-corrected chi connectivity index (χ4v) is 2.35. The van der Waals surface area contributed by atoms with Crippen LogP contribution in [0.1, 0.15) is 44.2 Å². The van der Waals surface area contributed by atoms with Crippen LogP contribution in [0.15, 0.2) is 10.6 Å². The van der Waals surface area contributed by atoms with Crippen LogP contribution in [0.4, 0.5) is 0 Å². The predicted octanol–water partition coefficient (Wildman–Crippen LogP) is 1.63. The Labute approximate surface area is 107 Å². The van der Waals surface area contributed by atoms with E-state index in [1.54, 1.807) is 0 Å². The lowest BCUT2D eigenvalue weighted by molar-refractivity contribution is -0.136. The molecule has 1 aromatic rings. The number of nitrogens with two attached hydrogens (primary N) is 1. The molecule has 1 aromatic heterocycles. The Kier molecular flexibility index (Phi) is 3.71. The summed E-state index contributed by atoms with van der Waals surface area (Å²) in [7, 11) is 0. The van der Waals surface area contributed by atoms with Gasteiger partial charge in [0.1, 0.15) is 0 Å². The van der Waals surface area contributed by atoms with E-state index in [9.17, 15) is 4.79 Å². The minimum atomic E-state index is -0.158. The van der Waals surface area contributed by atoms with E-state index in [2.05, 4.69) is 5.16 Å². The largest absolute Gasteiger partial charge is 0.359 e. The Morgan fingerprint density at radius 2 is 2.33 bits per heavy atom. The molecule has 2 heterocycles. The topological polar surface area (TPSA) is 72.4 Å². The van der Waals surface area contributed by atoms with Gasteiger partial charge in [0.2, 0.25) is 5.91 Å². The molecule has 2 N–H and O–H groups in total. The molecule has 3 unspecified atom stereocenters. The summed E-state index contributed by atoms with van der Waals surface area (Å²) in [5, 5.41) is 3.90. The van der Waals surface area contributed by atoms with Gasteiger partial charge in [-0.2, -0.15) is 0 Å². The zero-order valence-electron chi connectivity index (χ0n) is 11.2. The minimum absolute atomic E-state index is 0.0277. The summed E-state index contributed by atoms with van der Waals surface area (Å²) in [6.07, 6.45) is 1.94. The van der Waals surface area contributed by atoms with E-state index in [0.717, 1.165) is 30.8 Å². The van der Waals surface area contributed by atoms with E-state index >= 15 is 0 Å². The number of aromatic nitrogens is 1. The van der Waals surface area contributed by atoms with Crippen molar-refractivity contribution in [2.75, 3.05) is 6.54 Å². The maximum Gasteiger partial charge on any atom is 0.227 e. The lowest BCUT2D eigenvalue weighted by Crippen LogP contribution is -2.41. The van der Waals surface area contributed by atoms with Crippen LogP contribution < -0.4 is 5.73 Å². The molecular formula is C13H21N3O2. The van der Waals surface area contributed by atoms with Crippen LogP contribution in [0, 0.1) is 12.8 Å². The fraction of sp³-hybridized carbons (Fsp3) is 0.692. The average molecular weight is 251 g/mol. The van der Waals surface area contributed by atoms with Crippen molar-refractivity contribution in [1.29, 1.82) is 0 Å². The van der Waals surface area contributed by atoms with Gasteiger partial charge in [-0.1, -0.05) is 12.1 Å². The highest BCUT2D eigenvalue weighted by atomic mass is 16.5. The summed E-state index contributed by atoms with van der Waals surface area (Å²) in [6.45, 7) is 6.42. The molecular weight excluding hydrogens is 230 g/mol. The molecule has 1 saturated heterocycles. The molecule has 1 fully saturated rings. The van der Waals surface area contributed by atoms with Crippen LogP contribution in [0.5, 0.6) is 0 Å². The molecule has 0 aromatic carbocycles. The molecule has 0 radical (unpaired) electrons. The maximum atomic E-state index is 12.4. The highest BCUT2D eigenvalue weighted by molar-refractivity contribution is 5.79. The Balaban J connectivity index is 2.15. The zero-order chi connectivity index (χ0) is 13.3. The lowest BCUT2D eigenvalue weighted by Gasteiger charge is -2.27. The Bertz CT molecular complexity index is 428. The van der Waals surface area contributed by atoms with E-state index in [4.69, 9.17) is 10.3 Å². The van der Waals surface area contributed by atoms with Gasteiger partial charge in [0.05, 0.1) is 17.7 Å². The number of hydrogen-bond acceptors (Lipinski definition) is 4. The molecule has 2 rings (SSSR count). The molecule has 0 saturated carbocycles. The second-order valence-electron chi connectivity index (χ2n) is 5.21. The highest BCUT2D eigenvalue weighted by Gasteiger charge is 2.35. The molecule has 1 aliphatic rings. The van der Waals surface area contributed by atoms with Crippen molar-refractivity contribution in [3.63, 3.8) is 0 Å². The van der Waals surface area contributed by atoms with Crippen molar-refractivity contribution in [3.8, 4) is 0 Å². The summed E-state index contributed by atoms with van der Waals surface area (Å²) < 4.78 is 5.29. The Morgan fingerprint density at radius 3 is 2.89 bits per heavy atom. The molecule has 5 nitrogen and oxygen atoms in total. The third-order valence-corrected chi connectivity index (χ3v) is 3.69. The number of aryl methyl sites for hydroxylation is 1. The Hall–Kier alpha value is -1.36. The standard InChI is InChI=1S/C13H21N3O2/c1-8-7-12(18-15-8)11-5-4-6-16(11)13(17)9(2)10(3)14/h7,9-11H,4-6,14H2,1-3H3. The summed E-state index contributed by atoms with van der Waals surface area (Å²) in [4.78, 5) is 14.2. The number of rotatable bonds is 3. The first-order valence-electron chi connectivity index (χ1n) is 6.50. The first-order valence-corrected chi connectivity index (χ1v) is 6.50. The van der Waals surface area contributed by atoms with Gasteiger partial charge in [0.15, 0.2) is 5.76 Å². The summed E-state index contributed by atoms with van der Waals surface area (Å²) in [6, 6.07) is 1.81. The molecule has 0 aliphatic carbocycles. The van der Waals surface area contributed by atoms with Crippen molar-refractivity contribution < 1.29 is 9.32 Å². The molecule has 3 atom stereocenters. The molecule has 100 valence electrons. The molecule has 5 heteroatoms. The summed E-state index contributed by atoms with van der Waals surface area (Å²) in [5.74, 6) is 0.742. The number of nitrogens with zero attached hydrogens (tertiary/aromatic N) is 2. The van der Waals surface area contributed by atoms with E-state index in [1.165, 1.54) is 0 Å². The summed E-state index contributed by atoms with van der Waals surface area (Å²) >= 11 is 0. The van der Waals surface area contributed by atoms with Gasteiger partial charge in [0, 0.05) is 18.7 Å². The van der Waals surface area contributed by atoms with Crippen LogP contribution in [-0.4, -0.2) is 28.6 Å². The lowest BCUT2D eigenvalue weighted by atomic mass is 10.0. The van der Waals surface area contributed by atoms with E-state index in [0.29, 0.717) is 0 Å². The smallest absolute Gasteiger partial charge is 0.227 e. The van der Waals surface area contributed by atoms with Gasteiger partial charge >= 0.3 is 0 Å². The second-order valence-corrected chi connectivity index (χ2v) is 5.21. The van der Waals surface area contributed by atoms with Crippen molar-refractivity contribution in [3.05, 3.63) is 17.5 Å². The van der Waals surface area contributed by atoms with Crippen LogP contribution in [-0.2, 0) is 4.79 Å². The third-order valence-electron chi connectivity index (χ3n) is 3.69. The monoisotopic (exact) mass is 251 g/mol. The first-order chi connectivity index (χ1) is 8.50. The number of likely N-dealkylation sites (tertiary alicyclic amines) is 1. The van der Waals surface area contributed by atoms with Gasteiger partial charge < -0.3 is 15.2 Å². The normalized spacial score (nSPS) is 23.1. The van der Waals surface area contributed by atoms with Gasteiger partial charge in [-0.15, -0.1) is 0 Å². The second kappa shape index (κ2) is 5.10. The van der Waals surface area contributed by atoms with Gasteiger partial charge in [0.25, 0.3) is 0 Å². The van der Waals surface area contributed by atoms with Gasteiger partial charge in [-0.25, -0.2) is 0 Å². The summed E-state index contributed by atoms with van der Waals surface area (Å²) in [5.41, 5.74) is 6.66. The third kappa shape index (κ3) is 2.41. The Morgan fingerprint density at radius 1 is 1.61 bits per heavy atom. The molecule has 0 spiro atoms. The van der Waals surface area contributed by atoms with Crippen LogP contribution in [0.2, 0.25) is 0 Å². The average Bonchev–Trinajstić information content (AvgIpc) is 2.94. The molecule has 0 bridgehead atoms. The van der Waals surface area contributed by atoms with Gasteiger partial charge in [-0.05, 0) is 26.7 Å². The zero-order valence-corrected chi connectivity index (χ0v) is 11.2. The van der Waals surface area contributed by atoms with Crippen molar-refractivity contribution >= 4 is 5.91 Å². The molecule has 18 heavy (non-hydrogen) atoms. The number of carbonyl (C=O) groups excluding carboxylic acids is 1. The van der Waals surface area contributed by atoms with Crippen LogP contribution in [0.3, 0.4) is 0 Å². The van der Waals surface area contributed by atoms with Crippen molar-refractivity contribution in [2.24, 2.45) is 11.7 Å². The van der Waals surface area contributed by atoms with E-state index in [1.807, 2.05) is 31.7 Å². The van der Waals surface area contributed by atoms with E-state index in [-0.39, 0.29) is 23.9 Å². The highest BCUT2D eigenvalue weighted by Crippen LogP contribution is 2.33. The molecule has 1 aliphatic heterocycles. The van der Waals surface area contributed by atoms with Crippen LogP contribution >= 0.6 is 0 Å². The number of hydrogen-bond donors (Lipinski definition) is 1. The number of amides is 1. The quantitative estimate of drug-likeness (QED) is 0.886. The van der Waals surface area contributed by atoms with Crippen molar-refractivity contribution in [2.45, 2.75) is 45.7 Å². The maximum absolute atomic E-state index is 12.4. The molecule has 1 amide bonds. The minimum Gasteiger partial charge on any atom is -0.359 e. The van der Waals surface area contributed by atoms with Crippen molar-refractivity contribution in [1.82, 2.24) is 10.1 Å². The van der Waals surface area contributed by atoms with Crippen LogP contribution in [0.25, 0.3) is 0 Å². The SMILES string of the molecule is Cc1cc(C2CCCN2C(=O)C(C)C(C)N)on1. The number of carbonyl (C=O) groups is 1. The predicted molar refractivity (Wildman–Crippen MR) is 67.7 cm³/mol. The van der Waals surface area contributed by atoms with E-state index < -0.39 is 0 Å². The fourth-order valence-electron chi connectivity index (χ4n) is 2.35. The first kappa shape index (κ1) is 13.1.